The normalized spacial score (nSPS) is 20.3. The molecule has 0 aromatic carbocycles. The van der Waals surface area contributed by atoms with Gasteiger partial charge < -0.3 is 14.7 Å². The molecule has 1 fully saturated rings. The number of hydrogen-bond donors (Lipinski definition) is 2. The summed E-state index contributed by atoms with van der Waals surface area (Å²) in [7, 11) is 0. The van der Waals surface area contributed by atoms with Gasteiger partial charge in [0.05, 0.1) is 6.26 Å². The summed E-state index contributed by atoms with van der Waals surface area (Å²) in [6, 6.07) is 5.21. The quantitative estimate of drug-likeness (QED) is 0.906. The van der Waals surface area contributed by atoms with E-state index in [1.54, 1.807) is 12.3 Å². The van der Waals surface area contributed by atoms with E-state index in [1.165, 1.54) is 0 Å². The fraction of sp³-hybridized carbons (Fsp3) is 0.333. The summed E-state index contributed by atoms with van der Waals surface area (Å²) in [6.07, 6.45) is -2.29. The lowest BCUT2D eigenvalue weighted by atomic mass is 10.2. The molecule has 2 aromatic heterocycles. The molecule has 0 aliphatic heterocycles. The van der Waals surface area contributed by atoms with Crippen LogP contribution in [0.3, 0.4) is 0 Å². The first-order valence-electron chi connectivity index (χ1n) is 6.98. The van der Waals surface area contributed by atoms with Crippen molar-refractivity contribution in [1.82, 2.24) is 10.3 Å². The van der Waals surface area contributed by atoms with Crippen LogP contribution in [0.4, 0.5) is 13.2 Å². The van der Waals surface area contributed by atoms with Crippen LogP contribution in [0.1, 0.15) is 34.2 Å². The monoisotopic (exact) mass is 326 g/mol. The number of H-pyrrole nitrogens is 1. The average Bonchev–Trinajstić information content (AvgIpc) is 3.04. The molecule has 8 heteroatoms. The van der Waals surface area contributed by atoms with E-state index in [-0.39, 0.29) is 17.5 Å². The molecule has 122 valence electrons. The summed E-state index contributed by atoms with van der Waals surface area (Å²) in [5, 5.41) is 2.61. The molecule has 0 bridgehead atoms. The smallest absolute Gasteiger partial charge is 0.421 e. The minimum atomic E-state index is -4.74. The maximum Gasteiger partial charge on any atom is 0.421 e. The van der Waals surface area contributed by atoms with Crippen molar-refractivity contribution in [2.45, 2.75) is 18.5 Å². The molecule has 2 aromatic rings. The molecular weight excluding hydrogens is 313 g/mol. The maximum atomic E-state index is 12.5. The van der Waals surface area contributed by atoms with Crippen molar-refractivity contribution < 1.29 is 22.4 Å². The largest absolute Gasteiger partial charge is 0.469 e. The zero-order valence-electron chi connectivity index (χ0n) is 11.8. The molecule has 1 saturated carbocycles. The van der Waals surface area contributed by atoms with Crippen LogP contribution >= 0.6 is 0 Å². The van der Waals surface area contributed by atoms with Gasteiger partial charge in [-0.15, -0.1) is 0 Å². The van der Waals surface area contributed by atoms with E-state index in [0.717, 1.165) is 18.2 Å². The van der Waals surface area contributed by atoms with Crippen LogP contribution < -0.4 is 10.9 Å². The number of rotatable bonds is 4. The van der Waals surface area contributed by atoms with Crippen molar-refractivity contribution in [2.75, 3.05) is 6.54 Å². The predicted octanol–water partition coefficient (Wildman–Crippen LogP) is 2.52. The van der Waals surface area contributed by atoms with Crippen molar-refractivity contribution in [2.24, 2.45) is 5.92 Å². The molecule has 1 aliphatic rings. The standard InChI is InChI=1S/C15H13F3N2O3/c16-15(17,18)10-3-4-11(20-13(10)21)14(22)19-7-8-6-9(8)12-2-1-5-23-12/h1-5,8-9H,6-7H2,(H,19,22)(H,20,21)/t8-,9+/m0/s1. The second-order valence-corrected chi connectivity index (χ2v) is 5.44. The van der Waals surface area contributed by atoms with Crippen molar-refractivity contribution in [1.29, 1.82) is 0 Å². The van der Waals surface area contributed by atoms with Crippen LogP contribution in [0.5, 0.6) is 0 Å². The lowest BCUT2D eigenvalue weighted by Crippen LogP contribution is -2.30. The number of furan rings is 1. The van der Waals surface area contributed by atoms with Crippen molar-refractivity contribution in [3.05, 3.63) is 57.9 Å². The van der Waals surface area contributed by atoms with E-state index < -0.39 is 23.2 Å². The molecule has 0 spiro atoms. The molecule has 3 rings (SSSR count). The number of alkyl halides is 3. The van der Waals surface area contributed by atoms with Crippen LogP contribution in [0.15, 0.2) is 39.7 Å². The first-order valence-corrected chi connectivity index (χ1v) is 6.98. The molecule has 23 heavy (non-hydrogen) atoms. The predicted molar refractivity (Wildman–Crippen MR) is 74.0 cm³/mol. The van der Waals surface area contributed by atoms with Gasteiger partial charge in [-0.3, -0.25) is 9.59 Å². The Kier molecular flexibility index (Phi) is 3.75. The van der Waals surface area contributed by atoms with Crippen LogP contribution in [0.2, 0.25) is 0 Å². The third kappa shape index (κ3) is 3.30. The number of amides is 1. The second kappa shape index (κ2) is 5.60. The summed E-state index contributed by atoms with van der Waals surface area (Å²) in [6.45, 7) is 0.368. The summed E-state index contributed by atoms with van der Waals surface area (Å²) >= 11 is 0. The fourth-order valence-electron chi connectivity index (χ4n) is 2.47. The third-order valence-corrected chi connectivity index (χ3v) is 3.82. The van der Waals surface area contributed by atoms with Gasteiger partial charge in [0, 0.05) is 12.5 Å². The SMILES string of the molecule is O=C(NC[C@@H]1C[C@H]1c1ccco1)c1ccc(C(F)(F)F)c(=O)[nH]1. The highest BCUT2D eigenvalue weighted by Crippen LogP contribution is 2.47. The van der Waals surface area contributed by atoms with Gasteiger partial charge in [-0.2, -0.15) is 13.2 Å². The van der Waals surface area contributed by atoms with Crippen molar-refractivity contribution in [3.63, 3.8) is 0 Å². The summed E-state index contributed by atoms with van der Waals surface area (Å²) < 4.78 is 42.7. The number of carbonyl (C=O) groups excluding carboxylic acids is 1. The summed E-state index contributed by atoms with van der Waals surface area (Å²) in [5.41, 5.74) is -2.85. The van der Waals surface area contributed by atoms with Crippen LogP contribution in [0.25, 0.3) is 0 Å². The Balaban J connectivity index is 1.59. The molecule has 5 nitrogen and oxygen atoms in total. The first-order chi connectivity index (χ1) is 10.9. The van der Waals surface area contributed by atoms with Gasteiger partial charge in [0.1, 0.15) is 17.0 Å². The minimum Gasteiger partial charge on any atom is -0.469 e. The highest BCUT2D eigenvalue weighted by molar-refractivity contribution is 5.92. The van der Waals surface area contributed by atoms with E-state index in [2.05, 4.69) is 5.32 Å². The second-order valence-electron chi connectivity index (χ2n) is 5.44. The molecule has 0 saturated heterocycles. The van der Waals surface area contributed by atoms with Gasteiger partial charge in [-0.05, 0) is 36.6 Å². The van der Waals surface area contributed by atoms with E-state index in [1.807, 2.05) is 11.1 Å². The fourth-order valence-corrected chi connectivity index (χ4v) is 2.47. The Morgan fingerprint density at radius 2 is 2.13 bits per heavy atom. The molecule has 0 unspecified atom stereocenters. The summed E-state index contributed by atoms with van der Waals surface area (Å²) in [5.74, 6) is 0.719. The lowest BCUT2D eigenvalue weighted by molar-refractivity contribution is -0.138. The average molecular weight is 326 g/mol. The highest BCUT2D eigenvalue weighted by Gasteiger charge is 2.40. The van der Waals surface area contributed by atoms with Gasteiger partial charge in [0.25, 0.3) is 11.5 Å². The lowest BCUT2D eigenvalue weighted by Gasteiger charge is -2.07. The van der Waals surface area contributed by atoms with Gasteiger partial charge in [0.15, 0.2) is 0 Å². The molecule has 1 amide bonds. The Bertz CT molecular complexity index is 765. The minimum absolute atomic E-state index is 0.196. The Labute approximate surface area is 128 Å². The van der Waals surface area contributed by atoms with E-state index in [9.17, 15) is 22.8 Å². The third-order valence-electron chi connectivity index (χ3n) is 3.82. The van der Waals surface area contributed by atoms with Gasteiger partial charge in [0.2, 0.25) is 0 Å². The highest BCUT2D eigenvalue weighted by atomic mass is 19.4. The molecule has 2 heterocycles. The van der Waals surface area contributed by atoms with Gasteiger partial charge >= 0.3 is 6.18 Å². The first kappa shape index (κ1) is 15.4. The number of nitrogens with one attached hydrogen (secondary N) is 2. The van der Waals surface area contributed by atoms with E-state index >= 15 is 0 Å². The number of aromatic nitrogens is 1. The number of pyridine rings is 1. The number of hydrogen-bond acceptors (Lipinski definition) is 3. The molecule has 1 aliphatic carbocycles. The van der Waals surface area contributed by atoms with Gasteiger partial charge in [-0.1, -0.05) is 0 Å². The van der Waals surface area contributed by atoms with E-state index in [4.69, 9.17) is 4.42 Å². The van der Waals surface area contributed by atoms with Crippen LogP contribution in [-0.2, 0) is 6.18 Å². The Morgan fingerprint density at radius 3 is 2.74 bits per heavy atom. The van der Waals surface area contributed by atoms with E-state index in [0.29, 0.717) is 12.6 Å². The maximum absolute atomic E-state index is 12.5. The molecule has 2 atom stereocenters. The van der Waals surface area contributed by atoms with Crippen molar-refractivity contribution >= 4 is 5.91 Å². The Morgan fingerprint density at radius 1 is 1.35 bits per heavy atom. The van der Waals surface area contributed by atoms with Crippen molar-refractivity contribution in [3.8, 4) is 0 Å². The summed E-state index contributed by atoms with van der Waals surface area (Å²) in [4.78, 5) is 25.2. The molecular formula is C15H13F3N2O3. The molecule has 0 radical (unpaired) electrons. The number of halogens is 3. The number of carbonyl (C=O) groups is 1. The topological polar surface area (TPSA) is 75.1 Å². The molecule has 2 N–H and O–H groups in total. The van der Waals surface area contributed by atoms with Crippen LogP contribution in [0, 0.1) is 5.92 Å². The zero-order chi connectivity index (χ0) is 16.6. The Hall–Kier alpha value is -2.51. The number of aromatic amines is 1. The zero-order valence-corrected chi connectivity index (χ0v) is 11.8. The van der Waals surface area contributed by atoms with Crippen LogP contribution in [-0.4, -0.2) is 17.4 Å². The van der Waals surface area contributed by atoms with Gasteiger partial charge in [-0.25, -0.2) is 0 Å².